The van der Waals surface area contributed by atoms with Crippen LogP contribution in [0.25, 0.3) is 0 Å². The molecule has 130 valence electrons. The molecule has 2 rings (SSSR count). The van der Waals surface area contributed by atoms with E-state index in [1.807, 2.05) is 24.8 Å². The third kappa shape index (κ3) is 4.75. The second kappa shape index (κ2) is 8.22. The van der Waals surface area contributed by atoms with Gasteiger partial charge in [-0.3, -0.25) is 4.79 Å². The number of rotatable bonds is 7. The van der Waals surface area contributed by atoms with E-state index in [1.165, 1.54) is 12.8 Å². The Morgan fingerprint density at radius 1 is 1.52 bits per heavy atom. The topological polar surface area (TPSA) is 73.9 Å². The van der Waals surface area contributed by atoms with E-state index in [0.29, 0.717) is 25.1 Å². The molecule has 1 aromatic rings. The Bertz CT molecular complexity index is 531. The maximum Gasteiger partial charge on any atom is 0.289 e. The summed E-state index contributed by atoms with van der Waals surface area (Å²) in [6, 6.07) is 1.82. The van der Waals surface area contributed by atoms with Gasteiger partial charge in [0.15, 0.2) is 5.76 Å². The predicted octanol–water partition coefficient (Wildman–Crippen LogP) is 2.58. The van der Waals surface area contributed by atoms with Crippen molar-refractivity contribution in [1.29, 1.82) is 0 Å². The lowest BCUT2D eigenvalue weighted by Gasteiger charge is -2.37. The largest absolute Gasteiger partial charge is 0.456 e. The number of amides is 1. The van der Waals surface area contributed by atoms with Gasteiger partial charge >= 0.3 is 0 Å². The van der Waals surface area contributed by atoms with Crippen molar-refractivity contribution in [2.45, 2.75) is 50.9 Å². The highest BCUT2D eigenvalue weighted by Crippen LogP contribution is 2.25. The molecule has 0 radical (unpaired) electrons. The molecule has 1 atom stereocenters. The SMILES string of the molecule is CCCCSCc1cc(C(=O)N2CCCC(O)(CO)C2)oc1C. The first kappa shape index (κ1) is 18.4. The summed E-state index contributed by atoms with van der Waals surface area (Å²) in [6.07, 6.45) is 3.58. The number of carbonyl (C=O) groups excluding carboxylic acids is 1. The quantitative estimate of drug-likeness (QED) is 0.746. The van der Waals surface area contributed by atoms with E-state index in [2.05, 4.69) is 6.92 Å². The molecule has 0 spiro atoms. The number of likely N-dealkylation sites (tertiary alicyclic amines) is 1. The molecular formula is C17H27NO4S. The fourth-order valence-corrected chi connectivity index (χ4v) is 3.91. The minimum Gasteiger partial charge on any atom is -0.456 e. The molecule has 5 nitrogen and oxygen atoms in total. The van der Waals surface area contributed by atoms with Gasteiger partial charge in [-0.2, -0.15) is 11.8 Å². The Hall–Kier alpha value is -0.980. The summed E-state index contributed by atoms with van der Waals surface area (Å²) in [5.41, 5.74) is -0.127. The van der Waals surface area contributed by atoms with Crippen LogP contribution in [0, 0.1) is 6.92 Å². The Morgan fingerprint density at radius 2 is 2.30 bits per heavy atom. The Balaban J connectivity index is 1.99. The van der Waals surface area contributed by atoms with Crippen molar-refractivity contribution in [3.8, 4) is 0 Å². The summed E-state index contributed by atoms with van der Waals surface area (Å²) in [5.74, 6) is 2.87. The molecule has 0 saturated carbocycles. The number of aryl methyl sites for hydroxylation is 1. The third-order valence-corrected chi connectivity index (χ3v) is 5.36. The lowest BCUT2D eigenvalue weighted by molar-refractivity contribution is -0.0603. The molecule has 2 heterocycles. The van der Waals surface area contributed by atoms with E-state index in [1.54, 1.807) is 4.90 Å². The molecule has 1 unspecified atom stereocenters. The van der Waals surface area contributed by atoms with Gasteiger partial charge in [-0.1, -0.05) is 13.3 Å². The van der Waals surface area contributed by atoms with E-state index in [-0.39, 0.29) is 19.1 Å². The Labute approximate surface area is 142 Å². The lowest BCUT2D eigenvalue weighted by atomic mass is 9.93. The number of β-amino-alcohol motifs (C(OH)–C–C–N with tert-alkyl or cyclic N) is 1. The van der Waals surface area contributed by atoms with Gasteiger partial charge in [0.05, 0.1) is 13.2 Å². The molecule has 0 aliphatic carbocycles. The zero-order valence-corrected chi connectivity index (χ0v) is 14.8. The summed E-state index contributed by atoms with van der Waals surface area (Å²) in [6.45, 7) is 4.47. The molecular weight excluding hydrogens is 314 g/mol. The molecule has 0 bridgehead atoms. The van der Waals surface area contributed by atoms with Gasteiger partial charge in [0, 0.05) is 17.9 Å². The van der Waals surface area contributed by atoms with Crippen LogP contribution in [0.4, 0.5) is 0 Å². The standard InChI is InChI=1S/C17H27NO4S/c1-3-4-8-23-10-14-9-15(22-13(14)2)16(20)18-7-5-6-17(21,11-18)12-19/h9,19,21H,3-8,10-12H2,1-2H3. The van der Waals surface area contributed by atoms with Crippen molar-refractivity contribution in [2.75, 3.05) is 25.4 Å². The number of aliphatic hydroxyl groups excluding tert-OH is 1. The zero-order chi connectivity index (χ0) is 16.9. The second-order valence-electron chi connectivity index (χ2n) is 6.31. The van der Waals surface area contributed by atoms with Gasteiger partial charge in [0.1, 0.15) is 11.4 Å². The molecule has 1 aliphatic rings. The molecule has 6 heteroatoms. The fourth-order valence-electron chi connectivity index (χ4n) is 2.77. The predicted molar refractivity (Wildman–Crippen MR) is 91.7 cm³/mol. The minimum atomic E-state index is -1.19. The number of furan rings is 1. The molecule has 1 fully saturated rings. The molecule has 23 heavy (non-hydrogen) atoms. The molecule has 0 aromatic carbocycles. The van der Waals surface area contributed by atoms with Gasteiger partial charge in [0.25, 0.3) is 5.91 Å². The average molecular weight is 341 g/mol. The van der Waals surface area contributed by atoms with Gasteiger partial charge in [-0.05, 0) is 38.0 Å². The third-order valence-electron chi connectivity index (χ3n) is 4.27. The number of hydrogen-bond donors (Lipinski definition) is 2. The monoisotopic (exact) mass is 341 g/mol. The number of unbranched alkanes of at least 4 members (excludes halogenated alkanes) is 1. The maximum absolute atomic E-state index is 12.6. The first-order valence-electron chi connectivity index (χ1n) is 8.28. The van der Waals surface area contributed by atoms with Gasteiger partial charge in [-0.25, -0.2) is 0 Å². The summed E-state index contributed by atoms with van der Waals surface area (Å²) in [4.78, 5) is 14.2. The summed E-state index contributed by atoms with van der Waals surface area (Å²) in [7, 11) is 0. The van der Waals surface area contributed by atoms with Crippen LogP contribution in [0.15, 0.2) is 10.5 Å². The normalized spacial score (nSPS) is 21.7. The summed E-state index contributed by atoms with van der Waals surface area (Å²) >= 11 is 1.85. The number of nitrogens with zero attached hydrogens (tertiary/aromatic N) is 1. The van der Waals surface area contributed by atoms with Gasteiger partial charge in [0.2, 0.25) is 0 Å². The van der Waals surface area contributed by atoms with Crippen LogP contribution in [-0.4, -0.2) is 52.1 Å². The Kier molecular flexibility index (Phi) is 6.56. The van der Waals surface area contributed by atoms with Gasteiger partial charge < -0.3 is 19.5 Å². The van der Waals surface area contributed by atoms with E-state index in [4.69, 9.17) is 4.42 Å². The van der Waals surface area contributed by atoms with Crippen molar-refractivity contribution in [1.82, 2.24) is 4.90 Å². The highest BCUT2D eigenvalue weighted by atomic mass is 32.2. The van der Waals surface area contributed by atoms with E-state index in [0.717, 1.165) is 22.8 Å². The first-order chi connectivity index (χ1) is 11.0. The van der Waals surface area contributed by atoms with Crippen molar-refractivity contribution >= 4 is 17.7 Å². The highest BCUT2D eigenvalue weighted by molar-refractivity contribution is 7.98. The molecule has 1 amide bonds. The van der Waals surface area contributed by atoms with E-state index < -0.39 is 5.60 Å². The highest BCUT2D eigenvalue weighted by Gasteiger charge is 2.35. The average Bonchev–Trinajstić information content (AvgIpc) is 2.92. The van der Waals surface area contributed by atoms with Crippen molar-refractivity contribution in [3.63, 3.8) is 0 Å². The van der Waals surface area contributed by atoms with E-state index >= 15 is 0 Å². The number of carbonyl (C=O) groups is 1. The van der Waals surface area contributed by atoms with Crippen LogP contribution in [0.5, 0.6) is 0 Å². The molecule has 1 aromatic heterocycles. The van der Waals surface area contributed by atoms with Crippen molar-refractivity contribution < 1.29 is 19.4 Å². The van der Waals surface area contributed by atoms with Crippen LogP contribution in [0.3, 0.4) is 0 Å². The summed E-state index contributed by atoms with van der Waals surface area (Å²) < 4.78 is 5.64. The van der Waals surface area contributed by atoms with Crippen LogP contribution < -0.4 is 0 Å². The number of thioether (sulfide) groups is 1. The van der Waals surface area contributed by atoms with Crippen LogP contribution in [-0.2, 0) is 5.75 Å². The number of aliphatic hydroxyl groups is 2. The van der Waals surface area contributed by atoms with Crippen LogP contribution >= 0.6 is 11.8 Å². The lowest BCUT2D eigenvalue weighted by Crippen LogP contribution is -2.52. The van der Waals surface area contributed by atoms with E-state index in [9.17, 15) is 15.0 Å². The van der Waals surface area contributed by atoms with Gasteiger partial charge in [-0.15, -0.1) is 0 Å². The van der Waals surface area contributed by atoms with Crippen molar-refractivity contribution in [2.24, 2.45) is 0 Å². The summed E-state index contributed by atoms with van der Waals surface area (Å²) in [5, 5.41) is 19.5. The second-order valence-corrected chi connectivity index (χ2v) is 7.42. The zero-order valence-electron chi connectivity index (χ0n) is 14.0. The minimum absolute atomic E-state index is 0.155. The number of piperidine rings is 1. The molecule has 1 saturated heterocycles. The van der Waals surface area contributed by atoms with Crippen molar-refractivity contribution in [3.05, 3.63) is 23.2 Å². The molecule has 2 N–H and O–H groups in total. The van der Waals surface area contributed by atoms with Crippen LogP contribution in [0.1, 0.15) is 54.5 Å². The maximum atomic E-state index is 12.6. The Morgan fingerprint density at radius 3 is 3.00 bits per heavy atom. The smallest absolute Gasteiger partial charge is 0.289 e. The number of hydrogen-bond acceptors (Lipinski definition) is 5. The first-order valence-corrected chi connectivity index (χ1v) is 9.44. The molecule has 1 aliphatic heterocycles. The fraction of sp³-hybridized carbons (Fsp3) is 0.706. The van der Waals surface area contributed by atoms with Crippen LogP contribution in [0.2, 0.25) is 0 Å².